The molecule has 0 spiro atoms. The number of ether oxygens (including phenoxy) is 2. The second-order valence-corrected chi connectivity index (χ2v) is 8.15. The van der Waals surface area contributed by atoms with Gasteiger partial charge in [-0.25, -0.2) is 9.69 Å². The maximum atomic E-state index is 13.0. The fourth-order valence-electron chi connectivity index (χ4n) is 2.90. The number of nitrogens with zero attached hydrogens (tertiary/aromatic N) is 1. The Balaban J connectivity index is 2.02. The van der Waals surface area contributed by atoms with E-state index in [9.17, 15) is 14.4 Å². The molecule has 0 bridgehead atoms. The van der Waals surface area contributed by atoms with Crippen molar-refractivity contribution in [2.24, 2.45) is 0 Å². The molecule has 1 fully saturated rings. The van der Waals surface area contributed by atoms with Crippen molar-refractivity contribution < 1.29 is 23.9 Å². The highest BCUT2D eigenvalue weighted by Gasteiger charge is 2.37. The molecule has 0 aliphatic carbocycles. The van der Waals surface area contributed by atoms with Crippen molar-refractivity contribution >= 4 is 64.4 Å². The SMILES string of the molecule is CCC(C)Oc1c(Cl)cc(/C=C2\C(=O)NC(=O)N(c3ccc(Cl)c(Cl)c3)C2=O)cc1OC. The Kier molecular flexibility index (Phi) is 7.33. The zero-order chi connectivity index (χ0) is 23.6. The van der Waals surface area contributed by atoms with Crippen LogP contribution in [0.15, 0.2) is 35.9 Å². The minimum Gasteiger partial charge on any atom is -0.493 e. The van der Waals surface area contributed by atoms with Crippen molar-refractivity contribution in [3.63, 3.8) is 0 Å². The monoisotopic (exact) mass is 496 g/mol. The summed E-state index contributed by atoms with van der Waals surface area (Å²) in [5.41, 5.74) is 0.294. The molecule has 32 heavy (non-hydrogen) atoms. The maximum Gasteiger partial charge on any atom is 0.335 e. The molecule has 1 atom stereocenters. The van der Waals surface area contributed by atoms with Gasteiger partial charge in [-0.3, -0.25) is 14.9 Å². The molecular weight excluding hydrogens is 479 g/mol. The lowest BCUT2D eigenvalue weighted by atomic mass is 10.1. The number of anilines is 1. The predicted octanol–water partition coefficient (Wildman–Crippen LogP) is 5.50. The number of amides is 4. The van der Waals surface area contributed by atoms with Crippen LogP contribution in [0.5, 0.6) is 11.5 Å². The van der Waals surface area contributed by atoms with Gasteiger partial charge in [0.25, 0.3) is 11.8 Å². The van der Waals surface area contributed by atoms with E-state index in [1.54, 1.807) is 6.07 Å². The summed E-state index contributed by atoms with van der Waals surface area (Å²) in [6.45, 7) is 3.86. The van der Waals surface area contributed by atoms with Crippen molar-refractivity contribution in [3.8, 4) is 11.5 Å². The largest absolute Gasteiger partial charge is 0.493 e. The number of methoxy groups -OCH3 is 1. The van der Waals surface area contributed by atoms with Crippen LogP contribution >= 0.6 is 34.8 Å². The molecule has 4 amide bonds. The number of benzene rings is 2. The highest BCUT2D eigenvalue weighted by atomic mass is 35.5. The highest BCUT2D eigenvalue weighted by molar-refractivity contribution is 6.43. The summed E-state index contributed by atoms with van der Waals surface area (Å²) >= 11 is 18.3. The molecule has 0 aromatic heterocycles. The summed E-state index contributed by atoms with van der Waals surface area (Å²) in [7, 11) is 1.45. The van der Waals surface area contributed by atoms with Crippen molar-refractivity contribution in [1.82, 2.24) is 5.32 Å². The average Bonchev–Trinajstić information content (AvgIpc) is 2.74. The fourth-order valence-corrected chi connectivity index (χ4v) is 3.46. The van der Waals surface area contributed by atoms with Gasteiger partial charge in [-0.2, -0.15) is 0 Å². The van der Waals surface area contributed by atoms with Gasteiger partial charge in [0, 0.05) is 0 Å². The minimum absolute atomic E-state index is 0.0953. The molecule has 0 radical (unpaired) electrons. The number of barbiturate groups is 1. The van der Waals surface area contributed by atoms with Crippen LogP contribution in [0.3, 0.4) is 0 Å². The van der Waals surface area contributed by atoms with Gasteiger partial charge in [-0.15, -0.1) is 0 Å². The van der Waals surface area contributed by atoms with Gasteiger partial charge in [0.15, 0.2) is 11.5 Å². The third-order valence-electron chi connectivity index (χ3n) is 4.72. The number of nitrogens with one attached hydrogen (secondary N) is 1. The number of carbonyl (C=O) groups is 3. The first-order valence-electron chi connectivity index (χ1n) is 9.57. The Bertz CT molecular complexity index is 1130. The van der Waals surface area contributed by atoms with Crippen molar-refractivity contribution in [3.05, 3.63) is 56.5 Å². The number of halogens is 3. The zero-order valence-corrected chi connectivity index (χ0v) is 19.6. The molecule has 1 unspecified atom stereocenters. The van der Waals surface area contributed by atoms with Crippen LogP contribution in [-0.4, -0.2) is 31.1 Å². The number of rotatable bonds is 6. The van der Waals surface area contributed by atoms with Gasteiger partial charge in [0.05, 0.1) is 34.0 Å². The zero-order valence-electron chi connectivity index (χ0n) is 17.4. The van der Waals surface area contributed by atoms with Gasteiger partial charge in [-0.1, -0.05) is 41.7 Å². The second kappa shape index (κ2) is 9.81. The highest BCUT2D eigenvalue weighted by Crippen LogP contribution is 2.38. The van der Waals surface area contributed by atoms with Crippen LogP contribution in [-0.2, 0) is 9.59 Å². The average molecular weight is 498 g/mol. The Labute approximate surface area is 199 Å². The van der Waals surface area contributed by atoms with Crippen LogP contribution in [0.2, 0.25) is 15.1 Å². The summed E-state index contributed by atoms with van der Waals surface area (Å²) in [4.78, 5) is 38.6. The normalized spacial score (nSPS) is 16.2. The Morgan fingerprint density at radius 3 is 2.41 bits per heavy atom. The van der Waals surface area contributed by atoms with Crippen molar-refractivity contribution in [2.45, 2.75) is 26.4 Å². The lowest BCUT2D eigenvalue weighted by Crippen LogP contribution is -2.54. The molecular formula is C22H19Cl3N2O5. The minimum atomic E-state index is -0.900. The molecule has 1 saturated heterocycles. The summed E-state index contributed by atoms with van der Waals surface area (Å²) in [6.07, 6.45) is 1.98. The van der Waals surface area contributed by atoms with Gasteiger partial charge >= 0.3 is 6.03 Å². The summed E-state index contributed by atoms with van der Waals surface area (Å²) in [5.74, 6) is -0.970. The Hall–Kier alpha value is -2.74. The van der Waals surface area contributed by atoms with E-state index in [0.717, 1.165) is 11.3 Å². The lowest BCUT2D eigenvalue weighted by molar-refractivity contribution is -0.122. The van der Waals surface area contributed by atoms with E-state index >= 15 is 0 Å². The van der Waals surface area contributed by atoms with Gasteiger partial charge < -0.3 is 9.47 Å². The molecule has 1 aliphatic rings. The van der Waals surface area contributed by atoms with Gasteiger partial charge in [-0.05, 0) is 55.3 Å². The molecule has 1 N–H and O–H groups in total. The summed E-state index contributed by atoms with van der Waals surface area (Å²) < 4.78 is 11.2. The first-order valence-corrected chi connectivity index (χ1v) is 10.7. The molecule has 3 rings (SSSR count). The smallest absolute Gasteiger partial charge is 0.335 e. The first kappa shape index (κ1) is 23.9. The molecule has 1 heterocycles. The maximum absolute atomic E-state index is 13.0. The van der Waals surface area contributed by atoms with Crippen LogP contribution in [0.4, 0.5) is 10.5 Å². The quantitative estimate of drug-likeness (QED) is 0.421. The summed E-state index contributed by atoms with van der Waals surface area (Å²) in [6, 6.07) is 6.46. The van der Waals surface area contributed by atoms with E-state index in [-0.39, 0.29) is 32.4 Å². The number of carbonyl (C=O) groups excluding carboxylic acids is 3. The molecule has 2 aromatic carbocycles. The fraction of sp³-hybridized carbons (Fsp3) is 0.227. The summed E-state index contributed by atoms with van der Waals surface area (Å²) in [5, 5.41) is 2.80. The Morgan fingerprint density at radius 1 is 1.06 bits per heavy atom. The van der Waals surface area contributed by atoms with Crippen LogP contribution < -0.4 is 19.7 Å². The van der Waals surface area contributed by atoms with Crippen molar-refractivity contribution in [1.29, 1.82) is 0 Å². The third-order valence-corrected chi connectivity index (χ3v) is 5.74. The van der Waals surface area contributed by atoms with Crippen LogP contribution in [0, 0.1) is 0 Å². The molecule has 7 nitrogen and oxygen atoms in total. The molecule has 10 heteroatoms. The molecule has 1 aliphatic heterocycles. The standard InChI is InChI=1S/C22H19Cl3N2O5/c1-4-11(2)32-19-17(25)8-12(9-18(19)31-3)7-14-20(28)26-22(30)27(21(14)29)13-5-6-15(23)16(24)10-13/h5-11H,4H2,1-3H3,(H,26,28,30)/b14-7+. The number of hydrogen-bond donors (Lipinski definition) is 1. The third kappa shape index (κ3) is 4.85. The molecule has 168 valence electrons. The number of hydrogen-bond acceptors (Lipinski definition) is 5. The second-order valence-electron chi connectivity index (χ2n) is 6.93. The lowest BCUT2D eigenvalue weighted by Gasteiger charge is -2.26. The topological polar surface area (TPSA) is 84.9 Å². The van der Waals surface area contributed by atoms with Gasteiger partial charge in [0.1, 0.15) is 5.57 Å². The van der Waals surface area contributed by atoms with Crippen molar-refractivity contribution in [2.75, 3.05) is 12.0 Å². The number of urea groups is 1. The van der Waals surface area contributed by atoms with Crippen LogP contribution in [0.25, 0.3) is 6.08 Å². The van der Waals surface area contributed by atoms with Crippen LogP contribution in [0.1, 0.15) is 25.8 Å². The molecule has 0 saturated carbocycles. The van der Waals surface area contributed by atoms with E-state index < -0.39 is 17.8 Å². The van der Waals surface area contributed by atoms with E-state index in [0.29, 0.717) is 17.1 Å². The van der Waals surface area contributed by atoms with E-state index in [4.69, 9.17) is 44.3 Å². The molecule has 2 aromatic rings. The number of imide groups is 2. The van der Waals surface area contributed by atoms with E-state index in [2.05, 4.69) is 5.32 Å². The van der Waals surface area contributed by atoms with Gasteiger partial charge in [0.2, 0.25) is 0 Å². The Morgan fingerprint density at radius 2 is 1.78 bits per heavy atom. The first-order chi connectivity index (χ1) is 15.2. The van der Waals surface area contributed by atoms with E-state index in [1.165, 1.54) is 37.5 Å². The predicted molar refractivity (Wildman–Crippen MR) is 124 cm³/mol. The van der Waals surface area contributed by atoms with E-state index in [1.807, 2.05) is 13.8 Å².